The molecule has 0 aliphatic carbocycles. The highest BCUT2D eigenvalue weighted by Crippen LogP contribution is 2.25. The highest BCUT2D eigenvalue weighted by Gasteiger charge is 2.25. The first-order chi connectivity index (χ1) is 8.23. The van der Waals surface area contributed by atoms with E-state index in [9.17, 15) is 5.11 Å². The van der Waals surface area contributed by atoms with Crippen LogP contribution in [-0.4, -0.2) is 33.1 Å². The molecule has 0 saturated carbocycles. The van der Waals surface area contributed by atoms with Crippen LogP contribution < -0.4 is 5.32 Å². The number of aliphatic hydroxyl groups is 1. The first kappa shape index (κ1) is 15.5. The van der Waals surface area contributed by atoms with Gasteiger partial charge in [-0.3, -0.25) is 4.68 Å². The number of halogens is 1. The second kappa shape index (κ2) is 6.04. The van der Waals surface area contributed by atoms with Crippen LogP contribution in [0.2, 0.25) is 5.15 Å². The van der Waals surface area contributed by atoms with Gasteiger partial charge in [-0.15, -0.1) is 0 Å². The summed E-state index contributed by atoms with van der Waals surface area (Å²) in [6, 6.07) is 0.435. The van der Waals surface area contributed by atoms with Gasteiger partial charge in [-0.05, 0) is 26.8 Å². The maximum Gasteiger partial charge on any atom is 0.130 e. The van der Waals surface area contributed by atoms with Crippen LogP contribution in [0, 0.1) is 6.92 Å². The molecule has 0 aliphatic rings. The molecule has 1 atom stereocenters. The molecule has 1 aromatic rings. The standard InChI is InChI=1S/C13H24ClN3O/c1-9(2)15-7-6-13(4,18)8-11-10(3)16-17(5)12(11)14/h9,15,18H,6-8H2,1-5H3. The molecule has 18 heavy (non-hydrogen) atoms. The molecule has 1 aromatic heterocycles. The quantitative estimate of drug-likeness (QED) is 0.834. The molecule has 0 radical (unpaired) electrons. The summed E-state index contributed by atoms with van der Waals surface area (Å²) in [5.74, 6) is 0. The van der Waals surface area contributed by atoms with Gasteiger partial charge in [-0.1, -0.05) is 25.4 Å². The molecule has 0 spiro atoms. The van der Waals surface area contributed by atoms with Crippen molar-refractivity contribution in [2.24, 2.45) is 7.05 Å². The topological polar surface area (TPSA) is 50.1 Å². The van der Waals surface area contributed by atoms with Gasteiger partial charge in [0.2, 0.25) is 0 Å². The van der Waals surface area contributed by atoms with Crippen molar-refractivity contribution in [1.29, 1.82) is 0 Å². The first-order valence-electron chi connectivity index (χ1n) is 6.36. The Labute approximate surface area is 114 Å². The fourth-order valence-electron chi connectivity index (χ4n) is 1.97. The Kier molecular flexibility index (Phi) is 5.20. The summed E-state index contributed by atoms with van der Waals surface area (Å²) in [6.07, 6.45) is 1.22. The molecule has 5 heteroatoms. The van der Waals surface area contributed by atoms with Crippen molar-refractivity contribution in [2.75, 3.05) is 6.54 Å². The first-order valence-corrected chi connectivity index (χ1v) is 6.74. The number of nitrogens with one attached hydrogen (secondary N) is 1. The summed E-state index contributed by atoms with van der Waals surface area (Å²) in [6.45, 7) is 8.75. The smallest absolute Gasteiger partial charge is 0.130 e. The lowest BCUT2D eigenvalue weighted by Crippen LogP contribution is -2.34. The predicted octanol–water partition coefficient (Wildman–Crippen LogP) is 2.06. The van der Waals surface area contributed by atoms with Crippen molar-refractivity contribution in [3.8, 4) is 0 Å². The summed E-state index contributed by atoms with van der Waals surface area (Å²) in [4.78, 5) is 0. The van der Waals surface area contributed by atoms with Gasteiger partial charge in [0.05, 0.1) is 11.3 Å². The Bertz CT molecular complexity index is 399. The van der Waals surface area contributed by atoms with E-state index in [1.54, 1.807) is 4.68 Å². The van der Waals surface area contributed by atoms with E-state index in [0.717, 1.165) is 17.8 Å². The third-order valence-electron chi connectivity index (χ3n) is 3.04. The highest BCUT2D eigenvalue weighted by molar-refractivity contribution is 6.30. The highest BCUT2D eigenvalue weighted by atomic mass is 35.5. The molecular weight excluding hydrogens is 250 g/mol. The number of aryl methyl sites for hydroxylation is 2. The predicted molar refractivity (Wildman–Crippen MR) is 75.0 cm³/mol. The average molecular weight is 274 g/mol. The lowest BCUT2D eigenvalue weighted by molar-refractivity contribution is 0.0509. The van der Waals surface area contributed by atoms with Crippen molar-refractivity contribution in [3.63, 3.8) is 0 Å². The summed E-state index contributed by atoms with van der Waals surface area (Å²) in [5, 5.41) is 18.6. The van der Waals surface area contributed by atoms with Crippen LogP contribution in [-0.2, 0) is 13.5 Å². The van der Waals surface area contributed by atoms with E-state index < -0.39 is 5.60 Å². The van der Waals surface area contributed by atoms with Crippen molar-refractivity contribution in [2.45, 2.75) is 52.2 Å². The van der Waals surface area contributed by atoms with Crippen LogP contribution in [0.15, 0.2) is 0 Å². The largest absolute Gasteiger partial charge is 0.390 e. The molecule has 4 nitrogen and oxygen atoms in total. The Morgan fingerprint density at radius 1 is 1.50 bits per heavy atom. The van der Waals surface area contributed by atoms with E-state index in [1.165, 1.54) is 0 Å². The van der Waals surface area contributed by atoms with E-state index in [0.29, 0.717) is 24.0 Å². The van der Waals surface area contributed by atoms with Crippen molar-refractivity contribution >= 4 is 11.6 Å². The molecule has 1 heterocycles. The lowest BCUT2D eigenvalue weighted by atomic mass is 9.93. The molecule has 0 amide bonds. The third-order valence-corrected chi connectivity index (χ3v) is 3.52. The van der Waals surface area contributed by atoms with Gasteiger partial charge in [0.15, 0.2) is 0 Å². The van der Waals surface area contributed by atoms with E-state index in [1.807, 2.05) is 20.9 Å². The zero-order chi connectivity index (χ0) is 13.9. The summed E-state index contributed by atoms with van der Waals surface area (Å²) >= 11 is 6.18. The number of hydrogen-bond acceptors (Lipinski definition) is 3. The van der Waals surface area contributed by atoms with E-state index in [-0.39, 0.29) is 0 Å². The Balaban J connectivity index is 2.64. The minimum absolute atomic E-state index is 0.435. The number of rotatable bonds is 6. The molecule has 0 aromatic carbocycles. The van der Waals surface area contributed by atoms with Crippen molar-refractivity contribution in [3.05, 3.63) is 16.4 Å². The fraction of sp³-hybridized carbons (Fsp3) is 0.769. The summed E-state index contributed by atoms with van der Waals surface area (Å²) < 4.78 is 1.65. The lowest BCUT2D eigenvalue weighted by Gasteiger charge is -2.24. The monoisotopic (exact) mass is 273 g/mol. The zero-order valence-corrected chi connectivity index (χ0v) is 12.7. The maximum absolute atomic E-state index is 10.4. The van der Waals surface area contributed by atoms with E-state index >= 15 is 0 Å². The molecule has 0 saturated heterocycles. The molecule has 0 aliphatic heterocycles. The van der Waals surface area contributed by atoms with Crippen molar-refractivity contribution in [1.82, 2.24) is 15.1 Å². The van der Waals surface area contributed by atoms with Crippen LogP contribution in [0.1, 0.15) is 38.4 Å². The molecular formula is C13H24ClN3O. The second-order valence-corrected chi connectivity index (χ2v) is 5.87. The fourth-order valence-corrected chi connectivity index (χ4v) is 2.22. The molecule has 2 N–H and O–H groups in total. The minimum atomic E-state index is -0.765. The van der Waals surface area contributed by atoms with E-state index in [2.05, 4.69) is 24.3 Å². The Morgan fingerprint density at radius 3 is 2.56 bits per heavy atom. The van der Waals surface area contributed by atoms with Crippen LogP contribution in [0.4, 0.5) is 0 Å². The number of nitrogens with zero attached hydrogens (tertiary/aromatic N) is 2. The van der Waals surface area contributed by atoms with Crippen molar-refractivity contribution < 1.29 is 5.11 Å². The molecule has 104 valence electrons. The molecule has 0 fully saturated rings. The van der Waals surface area contributed by atoms with Crippen LogP contribution in [0.3, 0.4) is 0 Å². The Hall–Kier alpha value is -0.580. The third kappa shape index (κ3) is 4.26. The van der Waals surface area contributed by atoms with Crippen LogP contribution >= 0.6 is 11.6 Å². The van der Waals surface area contributed by atoms with Crippen LogP contribution in [0.5, 0.6) is 0 Å². The molecule has 1 rings (SSSR count). The van der Waals surface area contributed by atoms with Gasteiger partial charge in [-0.25, -0.2) is 0 Å². The maximum atomic E-state index is 10.4. The minimum Gasteiger partial charge on any atom is -0.390 e. The summed E-state index contributed by atoms with van der Waals surface area (Å²) in [7, 11) is 1.81. The van der Waals surface area contributed by atoms with Gasteiger partial charge in [0.25, 0.3) is 0 Å². The van der Waals surface area contributed by atoms with Gasteiger partial charge in [0, 0.05) is 25.1 Å². The zero-order valence-electron chi connectivity index (χ0n) is 11.9. The normalized spacial score (nSPS) is 15.1. The molecule has 1 unspecified atom stereocenters. The van der Waals surface area contributed by atoms with Crippen LogP contribution in [0.25, 0.3) is 0 Å². The number of hydrogen-bond donors (Lipinski definition) is 2. The van der Waals surface area contributed by atoms with Gasteiger partial charge in [0.1, 0.15) is 5.15 Å². The Morgan fingerprint density at radius 2 is 2.11 bits per heavy atom. The average Bonchev–Trinajstić information content (AvgIpc) is 2.44. The molecule has 0 bridgehead atoms. The SMILES string of the molecule is Cc1nn(C)c(Cl)c1CC(C)(O)CCNC(C)C. The van der Waals surface area contributed by atoms with Gasteiger partial charge >= 0.3 is 0 Å². The van der Waals surface area contributed by atoms with E-state index in [4.69, 9.17) is 11.6 Å². The van der Waals surface area contributed by atoms with Gasteiger partial charge in [-0.2, -0.15) is 5.10 Å². The summed E-state index contributed by atoms with van der Waals surface area (Å²) in [5.41, 5.74) is 1.06. The van der Waals surface area contributed by atoms with Gasteiger partial charge < -0.3 is 10.4 Å². The number of aromatic nitrogens is 2. The second-order valence-electron chi connectivity index (χ2n) is 5.51.